The van der Waals surface area contributed by atoms with Gasteiger partial charge in [0.15, 0.2) is 0 Å². The number of nitrogens with one attached hydrogen (secondary N) is 1. The molecule has 0 unspecified atom stereocenters. The van der Waals surface area contributed by atoms with Crippen molar-refractivity contribution in [3.63, 3.8) is 0 Å². The van der Waals surface area contributed by atoms with Crippen LogP contribution in [0.4, 0.5) is 0 Å². The lowest BCUT2D eigenvalue weighted by Gasteiger charge is -2.33. The average Bonchev–Trinajstić information content (AvgIpc) is 2.68. The lowest BCUT2D eigenvalue weighted by molar-refractivity contribution is 0.229. The third-order valence-electron chi connectivity index (χ3n) is 4.60. The Bertz CT molecular complexity index is 773. The standard InChI is InChI=1S/C20H26N2O3S/c1-17(16-25-19-8-4-2-5-9-19)21-18-12-14-22(15-13-18)26(23,24)20-10-6-3-7-11-20/h2-11,17-18,21H,12-16H2,1H3/t17-/m0/s1. The summed E-state index contributed by atoms with van der Waals surface area (Å²) in [6, 6.07) is 18.9. The van der Waals surface area contributed by atoms with Crippen molar-refractivity contribution < 1.29 is 13.2 Å². The Morgan fingerprint density at radius 1 is 1.04 bits per heavy atom. The van der Waals surface area contributed by atoms with Gasteiger partial charge in [-0.1, -0.05) is 36.4 Å². The maximum Gasteiger partial charge on any atom is 0.243 e. The molecule has 6 heteroatoms. The highest BCUT2D eigenvalue weighted by Crippen LogP contribution is 2.20. The molecule has 1 heterocycles. The molecular formula is C20H26N2O3S. The van der Waals surface area contributed by atoms with Crippen molar-refractivity contribution in [3.05, 3.63) is 60.7 Å². The van der Waals surface area contributed by atoms with Crippen LogP contribution in [0.25, 0.3) is 0 Å². The fourth-order valence-electron chi connectivity index (χ4n) is 3.19. The quantitative estimate of drug-likeness (QED) is 0.810. The molecule has 140 valence electrons. The summed E-state index contributed by atoms with van der Waals surface area (Å²) in [4.78, 5) is 0.371. The molecule has 1 aliphatic heterocycles. The molecule has 5 nitrogen and oxygen atoms in total. The van der Waals surface area contributed by atoms with Crippen LogP contribution in [-0.4, -0.2) is 44.5 Å². The maximum absolute atomic E-state index is 12.7. The molecule has 1 aliphatic rings. The Morgan fingerprint density at radius 3 is 2.23 bits per heavy atom. The number of para-hydroxylation sites is 1. The number of benzene rings is 2. The number of ether oxygens (including phenoxy) is 1. The highest BCUT2D eigenvalue weighted by molar-refractivity contribution is 7.89. The molecular weight excluding hydrogens is 348 g/mol. The molecule has 0 spiro atoms. The zero-order valence-corrected chi connectivity index (χ0v) is 15.9. The normalized spacial score (nSPS) is 17.7. The fraction of sp³-hybridized carbons (Fsp3) is 0.400. The third kappa shape index (κ3) is 4.84. The monoisotopic (exact) mass is 374 g/mol. The van der Waals surface area contributed by atoms with Crippen LogP contribution in [0.15, 0.2) is 65.6 Å². The molecule has 1 atom stereocenters. The van der Waals surface area contributed by atoms with E-state index in [1.807, 2.05) is 36.4 Å². The zero-order valence-electron chi connectivity index (χ0n) is 15.0. The van der Waals surface area contributed by atoms with E-state index in [2.05, 4.69) is 12.2 Å². The van der Waals surface area contributed by atoms with E-state index in [0.29, 0.717) is 30.6 Å². The summed E-state index contributed by atoms with van der Waals surface area (Å²) in [7, 11) is -3.38. The van der Waals surface area contributed by atoms with Crippen LogP contribution in [0.3, 0.4) is 0 Å². The molecule has 0 bridgehead atoms. The molecule has 1 saturated heterocycles. The molecule has 3 rings (SSSR count). The van der Waals surface area contributed by atoms with Crippen LogP contribution in [0.5, 0.6) is 5.75 Å². The summed E-state index contributed by atoms with van der Waals surface area (Å²) in [6.07, 6.45) is 1.61. The predicted molar refractivity (Wildman–Crippen MR) is 103 cm³/mol. The fourth-order valence-corrected chi connectivity index (χ4v) is 4.68. The van der Waals surface area contributed by atoms with E-state index in [0.717, 1.165) is 18.6 Å². The Hall–Kier alpha value is -1.89. The van der Waals surface area contributed by atoms with Crippen molar-refractivity contribution >= 4 is 10.0 Å². The number of nitrogens with zero attached hydrogens (tertiary/aromatic N) is 1. The first kappa shape index (κ1) is 18.9. The highest BCUT2D eigenvalue weighted by atomic mass is 32.2. The summed E-state index contributed by atoms with van der Waals surface area (Å²) < 4.78 is 32.7. The minimum absolute atomic E-state index is 0.206. The number of hydrogen-bond donors (Lipinski definition) is 1. The maximum atomic E-state index is 12.7. The second kappa shape index (κ2) is 8.66. The van der Waals surface area contributed by atoms with Gasteiger partial charge in [-0.3, -0.25) is 0 Å². The van der Waals surface area contributed by atoms with E-state index in [-0.39, 0.29) is 6.04 Å². The summed E-state index contributed by atoms with van der Waals surface area (Å²) in [6.45, 7) is 3.77. The van der Waals surface area contributed by atoms with E-state index < -0.39 is 10.0 Å². The van der Waals surface area contributed by atoms with Gasteiger partial charge in [0.05, 0.1) is 4.90 Å². The molecule has 0 aliphatic carbocycles. The number of hydrogen-bond acceptors (Lipinski definition) is 4. The van der Waals surface area contributed by atoms with Crippen LogP contribution < -0.4 is 10.1 Å². The molecule has 0 aromatic heterocycles. The minimum Gasteiger partial charge on any atom is -0.492 e. The molecule has 0 radical (unpaired) electrons. The van der Waals surface area contributed by atoms with Crippen molar-refractivity contribution in [2.24, 2.45) is 0 Å². The van der Waals surface area contributed by atoms with E-state index in [9.17, 15) is 8.42 Å². The molecule has 26 heavy (non-hydrogen) atoms. The largest absolute Gasteiger partial charge is 0.492 e. The Morgan fingerprint density at radius 2 is 1.62 bits per heavy atom. The molecule has 0 saturated carbocycles. The Balaban J connectivity index is 1.46. The smallest absolute Gasteiger partial charge is 0.243 e. The van der Waals surface area contributed by atoms with Gasteiger partial charge in [0.1, 0.15) is 12.4 Å². The lowest BCUT2D eigenvalue weighted by atomic mass is 10.1. The van der Waals surface area contributed by atoms with E-state index in [1.165, 1.54) is 0 Å². The van der Waals surface area contributed by atoms with Gasteiger partial charge in [-0.2, -0.15) is 4.31 Å². The minimum atomic E-state index is -3.38. The topological polar surface area (TPSA) is 58.6 Å². The van der Waals surface area contributed by atoms with Gasteiger partial charge in [-0.25, -0.2) is 8.42 Å². The van der Waals surface area contributed by atoms with Crippen LogP contribution in [0, 0.1) is 0 Å². The van der Waals surface area contributed by atoms with E-state index in [4.69, 9.17) is 4.74 Å². The SMILES string of the molecule is C[C@@H](COc1ccccc1)NC1CCN(S(=O)(=O)c2ccccc2)CC1. The van der Waals surface area contributed by atoms with Crippen molar-refractivity contribution in [1.82, 2.24) is 9.62 Å². The summed E-state index contributed by atoms with van der Waals surface area (Å²) in [5.41, 5.74) is 0. The number of rotatable bonds is 7. The molecule has 1 N–H and O–H groups in total. The van der Waals surface area contributed by atoms with Crippen LogP contribution in [-0.2, 0) is 10.0 Å². The average molecular weight is 375 g/mol. The molecule has 2 aromatic rings. The Kier molecular flexibility index (Phi) is 6.29. The van der Waals surface area contributed by atoms with Crippen LogP contribution in [0.2, 0.25) is 0 Å². The zero-order chi connectivity index (χ0) is 18.4. The first-order valence-electron chi connectivity index (χ1n) is 9.05. The second-order valence-electron chi connectivity index (χ2n) is 6.68. The van der Waals surface area contributed by atoms with Gasteiger partial charge in [0.2, 0.25) is 10.0 Å². The van der Waals surface area contributed by atoms with Gasteiger partial charge in [-0.05, 0) is 44.0 Å². The van der Waals surface area contributed by atoms with Gasteiger partial charge < -0.3 is 10.1 Å². The van der Waals surface area contributed by atoms with Crippen molar-refractivity contribution in [3.8, 4) is 5.75 Å². The summed E-state index contributed by atoms with van der Waals surface area (Å²) >= 11 is 0. The van der Waals surface area contributed by atoms with Crippen molar-refractivity contribution in [1.29, 1.82) is 0 Å². The highest BCUT2D eigenvalue weighted by Gasteiger charge is 2.29. The van der Waals surface area contributed by atoms with Crippen LogP contribution in [0.1, 0.15) is 19.8 Å². The second-order valence-corrected chi connectivity index (χ2v) is 8.62. The van der Waals surface area contributed by atoms with Gasteiger partial charge >= 0.3 is 0 Å². The van der Waals surface area contributed by atoms with Crippen molar-refractivity contribution in [2.45, 2.75) is 36.7 Å². The van der Waals surface area contributed by atoms with E-state index >= 15 is 0 Å². The predicted octanol–water partition coefficient (Wildman–Crippen LogP) is 2.90. The lowest BCUT2D eigenvalue weighted by Crippen LogP contribution is -2.48. The third-order valence-corrected chi connectivity index (χ3v) is 6.51. The molecule has 0 amide bonds. The first-order chi connectivity index (χ1) is 12.6. The molecule has 2 aromatic carbocycles. The van der Waals surface area contributed by atoms with Gasteiger partial charge in [-0.15, -0.1) is 0 Å². The molecule has 1 fully saturated rings. The number of piperidine rings is 1. The Labute approximate surface area is 156 Å². The first-order valence-corrected chi connectivity index (χ1v) is 10.5. The van der Waals surface area contributed by atoms with E-state index in [1.54, 1.807) is 28.6 Å². The van der Waals surface area contributed by atoms with Gasteiger partial charge in [0.25, 0.3) is 0 Å². The summed E-state index contributed by atoms with van der Waals surface area (Å²) in [5.74, 6) is 0.866. The van der Waals surface area contributed by atoms with Gasteiger partial charge in [0, 0.05) is 25.2 Å². The van der Waals surface area contributed by atoms with Crippen LogP contribution >= 0.6 is 0 Å². The van der Waals surface area contributed by atoms with Crippen molar-refractivity contribution in [2.75, 3.05) is 19.7 Å². The summed E-state index contributed by atoms with van der Waals surface area (Å²) in [5, 5.41) is 3.55. The number of sulfonamides is 1.